The molecule has 3 rings (SSSR count). The third-order valence-electron chi connectivity index (χ3n) is 4.39. The first-order valence-electron chi connectivity index (χ1n) is 8.54. The molecule has 0 fully saturated rings. The van der Waals surface area contributed by atoms with Crippen molar-refractivity contribution in [1.29, 1.82) is 0 Å². The fraction of sp³-hybridized carbons (Fsp3) is 0.400. The number of halogens is 1. The van der Waals surface area contributed by atoms with Crippen LogP contribution in [0.1, 0.15) is 52.7 Å². The standard InChI is InChI=1S/C20H24ClN3O2/c1-19(2,3)12-9-14(20(4,5)6)18(26-25)17(10-12)24-22-15-8-7-13(21)11-16(15)23-24/h7-11,25H,1-6H3. The maximum absolute atomic E-state index is 9.65. The summed E-state index contributed by atoms with van der Waals surface area (Å²) in [5, 5.41) is 19.3. The molecule has 0 bridgehead atoms. The highest BCUT2D eigenvalue weighted by Gasteiger charge is 2.28. The lowest BCUT2D eigenvalue weighted by atomic mass is 9.80. The van der Waals surface area contributed by atoms with Gasteiger partial charge in [0.05, 0.1) is 0 Å². The Labute approximate surface area is 158 Å². The van der Waals surface area contributed by atoms with E-state index in [9.17, 15) is 5.26 Å². The van der Waals surface area contributed by atoms with Crippen molar-refractivity contribution in [2.45, 2.75) is 52.4 Å². The van der Waals surface area contributed by atoms with E-state index in [1.54, 1.807) is 12.1 Å². The van der Waals surface area contributed by atoms with E-state index in [-0.39, 0.29) is 10.8 Å². The average molecular weight is 374 g/mol. The summed E-state index contributed by atoms with van der Waals surface area (Å²) >= 11 is 6.06. The third-order valence-corrected chi connectivity index (χ3v) is 4.63. The minimum Gasteiger partial charge on any atom is -0.338 e. The molecule has 1 heterocycles. The number of fused-ring (bicyclic) bond motifs is 1. The monoisotopic (exact) mass is 373 g/mol. The molecule has 0 aliphatic carbocycles. The lowest BCUT2D eigenvalue weighted by Crippen LogP contribution is -2.19. The van der Waals surface area contributed by atoms with E-state index in [0.717, 1.165) is 16.6 Å². The zero-order valence-electron chi connectivity index (χ0n) is 16.0. The number of rotatable bonds is 2. The van der Waals surface area contributed by atoms with Gasteiger partial charge in [-0.1, -0.05) is 59.2 Å². The van der Waals surface area contributed by atoms with E-state index in [1.807, 2.05) is 12.1 Å². The van der Waals surface area contributed by atoms with E-state index in [0.29, 0.717) is 22.0 Å². The van der Waals surface area contributed by atoms with Crippen LogP contribution < -0.4 is 4.89 Å². The summed E-state index contributed by atoms with van der Waals surface area (Å²) in [7, 11) is 0. The van der Waals surface area contributed by atoms with Crippen LogP contribution in [0.5, 0.6) is 5.75 Å². The van der Waals surface area contributed by atoms with E-state index in [2.05, 4.69) is 57.8 Å². The molecule has 0 spiro atoms. The van der Waals surface area contributed by atoms with Crippen molar-refractivity contribution in [3.05, 3.63) is 46.5 Å². The Hall–Kier alpha value is -2.11. The molecule has 0 aliphatic heterocycles. The van der Waals surface area contributed by atoms with Gasteiger partial charge in [-0.25, -0.2) is 5.26 Å². The van der Waals surface area contributed by atoms with E-state index in [4.69, 9.17) is 16.5 Å². The van der Waals surface area contributed by atoms with Crippen LogP contribution in [-0.2, 0) is 10.8 Å². The fourth-order valence-electron chi connectivity index (χ4n) is 2.84. The van der Waals surface area contributed by atoms with Gasteiger partial charge in [0.2, 0.25) is 0 Å². The Bertz CT molecular complexity index is 966. The first-order chi connectivity index (χ1) is 12.0. The highest BCUT2D eigenvalue weighted by Crippen LogP contribution is 2.39. The van der Waals surface area contributed by atoms with Gasteiger partial charge in [0, 0.05) is 10.6 Å². The van der Waals surface area contributed by atoms with Gasteiger partial charge in [0.15, 0.2) is 5.75 Å². The highest BCUT2D eigenvalue weighted by molar-refractivity contribution is 6.31. The Kier molecular flexibility index (Phi) is 4.49. The lowest BCUT2D eigenvalue weighted by molar-refractivity contribution is -0.138. The molecule has 0 atom stereocenters. The number of benzene rings is 2. The van der Waals surface area contributed by atoms with Crippen LogP contribution >= 0.6 is 11.6 Å². The van der Waals surface area contributed by atoms with Crippen LogP contribution in [0.2, 0.25) is 5.02 Å². The number of aromatic nitrogens is 3. The fourth-order valence-corrected chi connectivity index (χ4v) is 3.01. The summed E-state index contributed by atoms with van der Waals surface area (Å²) in [5.74, 6) is 0.358. The molecule has 0 saturated carbocycles. The van der Waals surface area contributed by atoms with Gasteiger partial charge in [0.1, 0.15) is 16.7 Å². The predicted octanol–water partition coefficient (Wildman–Crippen LogP) is 5.52. The second kappa shape index (κ2) is 6.25. The molecule has 5 nitrogen and oxygen atoms in total. The number of hydrogen-bond donors (Lipinski definition) is 1. The van der Waals surface area contributed by atoms with Crippen molar-refractivity contribution >= 4 is 22.6 Å². The van der Waals surface area contributed by atoms with Gasteiger partial charge in [-0.2, -0.15) is 0 Å². The van der Waals surface area contributed by atoms with Crippen LogP contribution in [0, 0.1) is 0 Å². The van der Waals surface area contributed by atoms with Gasteiger partial charge in [0.25, 0.3) is 0 Å². The molecule has 26 heavy (non-hydrogen) atoms. The molecule has 1 aromatic heterocycles. The van der Waals surface area contributed by atoms with Crippen LogP contribution in [0.3, 0.4) is 0 Å². The van der Waals surface area contributed by atoms with Crippen LogP contribution in [0.15, 0.2) is 30.3 Å². The molecule has 0 radical (unpaired) electrons. The van der Waals surface area contributed by atoms with Crippen molar-refractivity contribution in [2.24, 2.45) is 0 Å². The SMILES string of the molecule is CC(C)(C)c1cc(-n2nc3ccc(Cl)cc3n2)c(OO)c(C(C)(C)C)c1. The minimum atomic E-state index is -0.232. The Balaban J connectivity index is 2.33. The maximum Gasteiger partial charge on any atom is 0.196 e. The van der Waals surface area contributed by atoms with Gasteiger partial charge >= 0.3 is 0 Å². The van der Waals surface area contributed by atoms with Gasteiger partial charge in [-0.05, 0) is 40.7 Å². The zero-order valence-corrected chi connectivity index (χ0v) is 16.7. The summed E-state index contributed by atoms with van der Waals surface area (Å²) in [4.78, 5) is 6.31. The topological polar surface area (TPSA) is 60.2 Å². The minimum absolute atomic E-state index is 0.0847. The van der Waals surface area contributed by atoms with Crippen LogP contribution in [0.4, 0.5) is 0 Å². The van der Waals surface area contributed by atoms with Crippen molar-refractivity contribution in [3.63, 3.8) is 0 Å². The number of nitrogens with zero attached hydrogens (tertiary/aromatic N) is 3. The second-order valence-electron chi connectivity index (χ2n) is 8.59. The molecular formula is C20H24ClN3O2. The molecule has 1 N–H and O–H groups in total. The average Bonchev–Trinajstić information content (AvgIpc) is 2.94. The molecule has 0 unspecified atom stereocenters. The van der Waals surface area contributed by atoms with Crippen molar-refractivity contribution < 1.29 is 10.1 Å². The van der Waals surface area contributed by atoms with Crippen molar-refractivity contribution in [3.8, 4) is 11.4 Å². The van der Waals surface area contributed by atoms with Crippen molar-refractivity contribution in [2.75, 3.05) is 0 Å². The van der Waals surface area contributed by atoms with Crippen LogP contribution in [-0.4, -0.2) is 20.3 Å². The summed E-state index contributed by atoms with van der Waals surface area (Å²) in [5.41, 5.74) is 3.68. The van der Waals surface area contributed by atoms with Gasteiger partial charge < -0.3 is 4.89 Å². The smallest absolute Gasteiger partial charge is 0.196 e. The molecule has 138 valence electrons. The molecule has 0 aliphatic rings. The summed E-state index contributed by atoms with van der Waals surface area (Å²) in [6.45, 7) is 12.7. The van der Waals surface area contributed by atoms with Crippen molar-refractivity contribution in [1.82, 2.24) is 15.0 Å². The van der Waals surface area contributed by atoms with Gasteiger partial charge in [-0.15, -0.1) is 15.0 Å². The Morgan fingerprint density at radius 2 is 1.58 bits per heavy atom. The molecule has 0 amide bonds. The normalized spacial score (nSPS) is 12.6. The largest absolute Gasteiger partial charge is 0.338 e. The van der Waals surface area contributed by atoms with E-state index in [1.165, 1.54) is 4.80 Å². The zero-order chi connectivity index (χ0) is 19.3. The first-order valence-corrected chi connectivity index (χ1v) is 8.92. The maximum atomic E-state index is 9.65. The summed E-state index contributed by atoms with van der Waals surface area (Å²) in [6, 6.07) is 9.39. The molecular weight excluding hydrogens is 350 g/mol. The highest BCUT2D eigenvalue weighted by atomic mass is 35.5. The number of hydrogen-bond acceptors (Lipinski definition) is 4. The quantitative estimate of drug-likeness (QED) is 0.474. The van der Waals surface area contributed by atoms with E-state index >= 15 is 0 Å². The van der Waals surface area contributed by atoms with Crippen LogP contribution in [0.25, 0.3) is 16.7 Å². The lowest BCUT2D eigenvalue weighted by Gasteiger charge is -2.27. The molecule has 6 heteroatoms. The molecule has 3 aromatic rings. The second-order valence-corrected chi connectivity index (χ2v) is 9.02. The third kappa shape index (κ3) is 3.41. The Morgan fingerprint density at radius 3 is 2.15 bits per heavy atom. The first kappa shape index (κ1) is 18.7. The van der Waals surface area contributed by atoms with E-state index < -0.39 is 0 Å². The van der Waals surface area contributed by atoms with Gasteiger partial charge in [-0.3, -0.25) is 0 Å². The molecule has 2 aromatic carbocycles. The summed E-state index contributed by atoms with van der Waals surface area (Å²) in [6.07, 6.45) is 0. The summed E-state index contributed by atoms with van der Waals surface area (Å²) < 4.78 is 0. The Morgan fingerprint density at radius 1 is 0.923 bits per heavy atom. The molecule has 0 saturated heterocycles. The predicted molar refractivity (Wildman–Crippen MR) is 105 cm³/mol.